The van der Waals surface area contributed by atoms with Crippen molar-refractivity contribution in [3.8, 4) is 0 Å². The maximum Gasteiger partial charge on any atom is 0.312 e. The zero-order valence-corrected chi connectivity index (χ0v) is 14.6. The van der Waals surface area contributed by atoms with Gasteiger partial charge in [-0.1, -0.05) is 13.8 Å². The Morgan fingerprint density at radius 2 is 1.83 bits per heavy atom. The van der Waals surface area contributed by atoms with E-state index in [-0.39, 0.29) is 40.5 Å². The predicted molar refractivity (Wildman–Crippen MR) is 85.5 cm³/mol. The molecular formula is C19H30O4. The molecule has 3 saturated carbocycles. The van der Waals surface area contributed by atoms with Crippen LogP contribution in [0.3, 0.4) is 0 Å². The Morgan fingerprint density at radius 3 is 2.52 bits per heavy atom. The zero-order valence-electron chi connectivity index (χ0n) is 14.6. The average molecular weight is 322 g/mol. The molecule has 2 N–H and O–H groups in total. The average Bonchev–Trinajstić information content (AvgIpc) is 2.63. The molecule has 7 atom stereocenters. The van der Waals surface area contributed by atoms with Gasteiger partial charge in [0.05, 0.1) is 11.5 Å². The van der Waals surface area contributed by atoms with Crippen molar-refractivity contribution >= 4 is 5.97 Å². The molecule has 3 aliphatic carbocycles. The van der Waals surface area contributed by atoms with Gasteiger partial charge in [0, 0.05) is 18.9 Å². The fourth-order valence-corrected chi connectivity index (χ4v) is 7.26. The molecule has 0 aromatic heterocycles. The van der Waals surface area contributed by atoms with E-state index in [9.17, 15) is 15.0 Å². The molecule has 0 amide bonds. The maximum atomic E-state index is 12.4. The van der Waals surface area contributed by atoms with Gasteiger partial charge in [0.15, 0.2) is 0 Å². The van der Waals surface area contributed by atoms with Crippen molar-refractivity contribution in [2.45, 2.75) is 77.4 Å². The lowest BCUT2D eigenvalue weighted by Crippen LogP contribution is -2.62. The summed E-state index contributed by atoms with van der Waals surface area (Å²) in [5.41, 5.74) is -0.896. The van der Waals surface area contributed by atoms with Crippen LogP contribution < -0.4 is 0 Å². The first-order chi connectivity index (χ1) is 10.7. The number of aliphatic hydroxyl groups is 2. The highest BCUT2D eigenvalue weighted by Crippen LogP contribution is 2.69. The monoisotopic (exact) mass is 322 g/mol. The van der Waals surface area contributed by atoms with E-state index in [1.807, 2.05) is 0 Å². The van der Waals surface area contributed by atoms with Crippen LogP contribution in [-0.2, 0) is 9.53 Å². The molecule has 4 heteroatoms. The normalized spacial score (nSPS) is 58.3. The number of rotatable bonds is 1. The predicted octanol–water partition coefficient (Wildman–Crippen LogP) is 2.66. The first-order valence-corrected chi connectivity index (χ1v) is 9.20. The van der Waals surface area contributed by atoms with Crippen LogP contribution in [0.15, 0.2) is 0 Å². The van der Waals surface area contributed by atoms with Crippen LogP contribution in [-0.4, -0.2) is 34.5 Å². The second-order valence-electron chi connectivity index (χ2n) is 9.75. The van der Waals surface area contributed by atoms with Gasteiger partial charge in [-0.3, -0.25) is 4.79 Å². The molecule has 0 radical (unpaired) electrons. The highest BCUT2D eigenvalue weighted by atomic mass is 16.6. The summed E-state index contributed by atoms with van der Waals surface area (Å²) < 4.78 is 6.05. The fourth-order valence-electron chi connectivity index (χ4n) is 7.26. The van der Waals surface area contributed by atoms with Gasteiger partial charge >= 0.3 is 5.97 Å². The van der Waals surface area contributed by atoms with Crippen molar-refractivity contribution in [1.82, 2.24) is 0 Å². The molecule has 4 aliphatic rings. The molecule has 0 aromatic carbocycles. The van der Waals surface area contributed by atoms with Crippen molar-refractivity contribution in [2.24, 2.45) is 28.1 Å². The van der Waals surface area contributed by atoms with E-state index in [1.165, 1.54) is 0 Å². The van der Waals surface area contributed by atoms with E-state index in [2.05, 4.69) is 20.8 Å². The van der Waals surface area contributed by atoms with Crippen LogP contribution in [0.1, 0.15) is 65.7 Å². The number of esters is 1. The van der Waals surface area contributed by atoms with Crippen LogP contribution in [0.2, 0.25) is 0 Å². The van der Waals surface area contributed by atoms with Crippen LogP contribution in [0.5, 0.6) is 0 Å². The second-order valence-corrected chi connectivity index (χ2v) is 9.75. The van der Waals surface area contributed by atoms with Crippen molar-refractivity contribution in [1.29, 1.82) is 0 Å². The SMILES string of the molecule is C[C@]12CC[C@@H]3[C@](CC[C@@H]4[C@](C)(CO)C[C@@H](O)C[C@]43C)(C1)OC2=O. The summed E-state index contributed by atoms with van der Waals surface area (Å²) in [5.74, 6) is 0.695. The first-order valence-electron chi connectivity index (χ1n) is 9.20. The lowest BCUT2D eigenvalue weighted by Gasteiger charge is -2.63. The molecule has 130 valence electrons. The first kappa shape index (κ1) is 15.9. The van der Waals surface area contributed by atoms with Crippen LogP contribution in [0.25, 0.3) is 0 Å². The highest BCUT2D eigenvalue weighted by Gasteiger charge is 2.69. The Labute approximate surface area is 138 Å². The lowest BCUT2D eigenvalue weighted by atomic mass is 9.42. The molecule has 0 aromatic rings. The van der Waals surface area contributed by atoms with Crippen LogP contribution in [0, 0.1) is 28.1 Å². The van der Waals surface area contributed by atoms with E-state index in [4.69, 9.17) is 4.74 Å². The number of carbonyl (C=O) groups excluding carboxylic acids is 1. The lowest BCUT2D eigenvalue weighted by molar-refractivity contribution is -0.211. The van der Waals surface area contributed by atoms with E-state index in [1.54, 1.807) is 0 Å². The number of fused-ring (bicyclic) bond motifs is 3. The summed E-state index contributed by atoms with van der Waals surface area (Å²) in [5, 5.41) is 20.6. The van der Waals surface area contributed by atoms with Gasteiger partial charge in [0.25, 0.3) is 0 Å². The molecule has 1 saturated heterocycles. The smallest absolute Gasteiger partial charge is 0.312 e. The van der Waals surface area contributed by atoms with Crippen LogP contribution in [0.4, 0.5) is 0 Å². The Balaban J connectivity index is 1.76. The molecule has 1 spiro atoms. The number of ether oxygens (including phenoxy) is 1. The van der Waals surface area contributed by atoms with Gasteiger partial charge in [-0.05, 0) is 62.2 Å². The summed E-state index contributed by atoms with van der Waals surface area (Å²) in [4.78, 5) is 12.4. The van der Waals surface area contributed by atoms with Crippen molar-refractivity contribution in [3.63, 3.8) is 0 Å². The number of hydrogen-bond acceptors (Lipinski definition) is 4. The minimum Gasteiger partial charge on any atom is -0.458 e. The molecule has 4 rings (SSSR count). The number of aliphatic hydroxyl groups excluding tert-OH is 2. The standard InChI is InChI=1S/C19H30O4/c1-16-6-4-14-18(3)9-12(21)8-17(2,11-20)13(18)5-7-19(14,10-16)23-15(16)22/h12-14,20-21H,4-11H2,1-3H3/t12-,13-,14+,16+,17+,18-,19+/m1/s1. The molecule has 1 aliphatic heterocycles. The Kier molecular flexibility index (Phi) is 3.12. The van der Waals surface area contributed by atoms with Gasteiger partial charge < -0.3 is 14.9 Å². The third-order valence-electron chi connectivity index (χ3n) is 8.13. The minimum absolute atomic E-state index is 0.0108. The van der Waals surface area contributed by atoms with Gasteiger partial charge in [-0.2, -0.15) is 0 Å². The Morgan fingerprint density at radius 1 is 1.13 bits per heavy atom. The minimum atomic E-state index is -0.367. The fraction of sp³-hybridized carbons (Fsp3) is 0.947. The maximum absolute atomic E-state index is 12.4. The number of carbonyl (C=O) groups is 1. The van der Waals surface area contributed by atoms with E-state index in [0.717, 1.165) is 38.5 Å². The molecule has 4 fully saturated rings. The van der Waals surface area contributed by atoms with Crippen LogP contribution >= 0.6 is 0 Å². The third-order valence-corrected chi connectivity index (χ3v) is 8.13. The third kappa shape index (κ3) is 1.88. The van der Waals surface area contributed by atoms with E-state index >= 15 is 0 Å². The second kappa shape index (κ2) is 4.51. The molecule has 0 unspecified atom stereocenters. The molecule has 4 nitrogen and oxygen atoms in total. The van der Waals surface area contributed by atoms with Gasteiger partial charge in [0.2, 0.25) is 0 Å². The topological polar surface area (TPSA) is 66.8 Å². The van der Waals surface area contributed by atoms with Crippen molar-refractivity contribution in [3.05, 3.63) is 0 Å². The highest BCUT2D eigenvalue weighted by molar-refractivity contribution is 5.80. The van der Waals surface area contributed by atoms with E-state index in [0.29, 0.717) is 18.3 Å². The molecule has 23 heavy (non-hydrogen) atoms. The van der Waals surface area contributed by atoms with Gasteiger partial charge in [-0.15, -0.1) is 0 Å². The Bertz CT molecular complexity index is 547. The van der Waals surface area contributed by atoms with Crippen molar-refractivity contribution in [2.75, 3.05) is 6.61 Å². The largest absolute Gasteiger partial charge is 0.458 e. The van der Waals surface area contributed by atoms with Crippen molar-refractivity contribution < 1.29 is 19.7 Å². The van der Waals surface area contributed by atoms with Gasteiger partial charge in [-0.25, -0.2) is 0 Å². The van der Waals surface area contributed by atoms with Gasteiger partial charge in [0.1, 0.15) is 5.60 Å². The Hall–Kier alpha value is -0.610. The summed E-state index contributed by atoms with van der Waals surface area (Å²) in [7, 11) is 0. The number of hydrogen-bond donors (Lipinski definition) is 2. The quantitative estimate of drug-likeness (QED) is 0.728. The molecule has 2 bridgehead atoms. The summed E-state index contributed by atoms with van der Waals surface area (Å²) in [6.07, 6.45) is 5.74. The zero-order chi connectivity index (χ0) is 16.7. The van der Waals surface area contributed by atoms with E-state index < -0.39 is 0 Å². The molecular weight excluding hydrogens is 292 g/mol. The summed E-state index contributed by atoms with van der Waals surface area (Å²) in [6.45, 7) is 6.60. The summed E-state index contributed by atoms with van der Waals surface area (Å²) in [6, 6.07) is 0. The summed E-state index contributed by atoms with van der Waals surface area (Å²) >= 11 is 0. The molecule has 1 heterocycles.